The van der Waals surface area contributed by atoms with Gasteiger partial charge < -0.3 is 15.4 Å². The molecule has 2 rings (SSSR count). The smallest absolute Gasteiger partial charge is 0.230 e. The first-order valence-electron chi connectivity index (χ1n) is 5.76. The van der Waals surface area contributed by atoms with E-state index in [0.29, 0.717) is 24.9 Å². The Morgan fingerprint density at radius 3 is 3.11 bits per heavy atom. The predicted molar refractivity (Wildman–Crippen MR) is 72.2 cm³/mol. The first-order chi connectivity index (χ1) is 8.78. The standard InChI is InChI=1S/C10H16N4O2S2/c1-16-5-4-11-9-13-14-10(18-9)17-6-8(15)12-7-2-3-7/h7H,2-6H2,1H3,(H,11,13)(H,12,15). The quantitative estimate of drug-likeness (QED) is 0.548. The van der Waals surface area contributed by atoms with Crippen LogP contribution >= 0.6 is 23.1 Å². The van der Waals surface area contributed by atoms with Crippen molar-refractivity contribution < 1.29 is 9.53 Å². The lowest BCUT2D eigenvalue weighted by atomic mass is 10.6. The van der Waals surface area contributed by atoms with Crippen LogP contribution in [0.25, 0.3) is 0 Å². The molecule has 0 aromatic carbocycles. The van der Waals surface area contributed by atoms with Crippen molar-refractivity contribution in [2.24, 2.45) is 0 Å². The number of thioether (sulfide) groups is 1. The first kappa shape index (κ1) is 13.6. The topological polar surface area (TPSA) is 76.1 Å². The summed E-state index contributed by atoms with van der Waals surface area (Å²) in [5.41, 5.74) is 0. The summed E-state index contributed by atoms with van der Waals surface area (Å²) in [6, 6.07) is 0.416. The van der Waals surface area contributed by atoms with Crippen molar-refractivity contribution in [1.82, 2.24) is 15.5 Å². The van der Waals surface area contributed by atoms with Crippen LogP contribution in [0.3, 0.4) is 0 Å². The molecule has 8 heteroatoms. The molecule has 2 N–H and O–H groups in total. The summed E-state index contributed by atoms with van der Waals surface area (Å²) in [6.45, 7) is 1.34. The third kappa shape index (κ3) is 4.79. The lowest BCUT2D eigenvalue weighted by molar-refractivity contribution is -0.118. The van der Waals surface area contributed by atoms with Gasteiger partial charge in [-0.2, -0.15) is 0 Å². The SMILES string of the molecule is COCCNc1nnc(SCC(=O)NC2CC2)s1. The summed E-state index contributed by atoms with van der Waals surface area (Å²) in [6.07, 6.45) is 2.23. The van der Waals surface area contributed by atoms with Crippen LogP contribution < -0.4 is 10.6 Å². The fourth-order valence-corrected chi connectivity index (χ4v) is 2.81. The number of anilines is 1. The van der Waals surface area contributed by atoms with Crippen molar-refractivity contribution in [3.8, 4) is 0 Å². The van der Waals surface area contributed by atoms with Crippen LogP contribution in [-0.2, 0) is 9.53 Å². The van der Waals surface area contributed by atoms with Crippen LogP contribution in [0.15, 0.2) is 4.34 Å². The largest absolute Gasteiger partial charge is 0.383 e. The molecule has 0 bridgehead atoms. The van der Waals surface area contributed by atoms with Crippen LogP contribution in [-0.4, -0.2) is 48.2 Å². The zero-order valence-electron chi connectivity index (χ0n) is 10.1. The second-order valence-electron chi connectivity index (χ2n) is 3.92. The van der Waals surface area contributed by atoms with Gasteiger partial charge in [-0.15, -0.1) is 10.2 Å². The number of rotatable bonds is 8. The zero-order chi connectivity index (χ0) is 12.8. The Morgan fingerprint density at radius 1 is 1.56 bits per heavy atom. The van der Waals surface area contributed by atoms with E-state index < -0.39 is 0 Å². The van der Waals surface area contributed by atoms with Gasteiger partial charge in [0.2, 0.25) is 11.0 Å². The van der Waals surface area contributed by atoms with Gasteiger partial charge in [-0.3, -0.25) is 4.79 Å². The Hall–Kier alpha value is -0.860. The summed E-state index contributed by atoms with van der Waals surface area (Å²) < 4.78 is 5.73. The highest BCUT2D eigenvalue weighted by molar-refractivity contribution is 8.01. The first-order valence-corrected chi connectivity index (χ1v) is 7.56. The molecule has 0 radical (unpaired) electrons. The van der Waals surface area contributed by atoms with Gasteiger partial charge in [-0.25, -0.2) is 0 Å². The Kier molecular flexibility index (Phi) is 5.21. The van der Waals surface area contributed by atoms with Gasteiger partial charge in [-0.1, -0.05) is 23.1 Å². The van der Waals surface area contributed by atoms with Crippen LogP contribution in [0.1, 0.15) is 12.8 Å². The highest BCUT2D eigenvalue weighted by Crippen LogP contribution is 2.25. The summed E-state index contributed by atoms with van der Waals surface area (Å²) in [4.78, 5) is 11.5. The molecular formula is C10H16N4O2S2. The lowest BCUT2D eigenvalue weighted by Gasteiger charge is -2.00. The molecule has 1 aromatic heterocycles. The maximum absolute atomic E-state index is 11.5. The molecule has 1 aromatic rings. The third-order valence-electron chi connectivity index (χ3n) is 2.26. The monoisotopic (exact) mass is 288 g/mol. The minimum absolute atomic E-state index is 0.0755. The third-order valence-corrected chi connectivity index (χ3v) is 4.27. The highest BCUT2D eigenvalue weighted by Gasteiger charge is 2.23. The fraction of sp³-hybridized carbons (Fsp3) is 0.700. The summed E-state index contributed by atoms with van der Waals surface area (Å²) in [7, 11) is 1.65. The minimum atomic E-state index is 0.0755. The number of nitrogens with zero attached hydrogens (tertiary/aromatic N) is 2. The normalized spacial score (nSPS) is 14.5. The Balaban J connectivity index is 1.67. The second kappa shape index (κ2) is 6.91. The molecule has 6 nitrogen and oxygen atoms in total. The number of hydrogen-bond donors (Lipinski definition) is 2. The van der Waals surface area contributed by atoms with Gasteiger partial charge in [0.1, 0.15) is 0 Å². The van der Waals surface area contributed by atoms with Gasteiger partial charge in [0.15, 0.2) is 4.34 Å². The summed E-state index contributed by atoms with van der Waals surface area (Å²) in [5, 5.41) is 14.8. The summed E-state index contributed by atoms with van der Waals surface area (Å²) in [5.74, 6) is 0.482. The predicted octanol–water partition coefficient (Wildman–Crippen LogP) is 0.967. The van der Waals surface area contributed by atoms with Gasteiger partial charge in [0.05, 0.1) is 12.4 Å². The molecule has 0 aliphatic heterocycles. The van der Waals surface area contributed by atoms with E-state index in [1.165, 1.54) is 23.1 Å². The summed E-state index contributed by atoms with van der Waals surface area (Å²) >= 11 is 2.87. The number of carbonyl (C=O) groups excluding carboxylic acids is 1. The van der Waals surface area contributed by atoms with Crippen molar-refractivity contribution in [2.75, 3.05) is 31.3 Å². The maximum Gasteiger partial charge on any atom is 0.230 e. The number of methoxy groups -OCH3 is 1. The van der Waals surface area contributed by atoms with E-state index in [2.05, 4.69) is 20.8 Å². The van der Waals surface area contributed by atoms with Crippen LogP contribution in [0, 0.1) is 0 Å². The van der Waals surface area contributed by atoms with Crippen molar-refractivity contribution in [1.29, 1.82) is 0 Å². The van der Waals surface area contributed by atoms with Gasteiger partial charge in [-0.05, 0) is 12.8 Å². The molecular weight excluding hydrogens is 272 g/mol. The number of hydrogen-bond acceptors (Lipinski definition) is 7. The van der Waals surface area contributed by atoms with Gasteiger partial charge >= 0.3 is 0 Å². The van der Waals surface area contributed by atoms with Crippen molar-refractivity contribution in [3.05, 3.63) is 0 Å². The zero-order valence-corrected chi connectivity index (χ0v) is 11.8. The number of ether oxygens (including phenoxy) is 1. The minimum Gasteiger partial charge on any atom is -0.383 e. The van der Waals surface area contributed by atoms with Crippen LogP contribution in [0.5, 0.6) is 0 Å². The molecule has 1 fully saturated rings. The van der Waals surface area contributed by atoms with E-state index in [9.17, 15) is 4.79 Å². The molecule has 1 saturated carbocycles. The van der Waals surface area contributed by atoms with Crippen molar-refractivity contribution >= 4 is 34.1 Å². The van der Waals surface area contributed by atoms with Gasteiger partial charge in [0, 0.05) is 19.7 Å². The van der Waals surface area contributed by atoms with E-state index in [4.69, 9.17) is 4.74 Å². The molecule has 0 unspecified atom stereocenters. The van der Waals surface area contributed by atoms with E-state index in [-0.39, 0.29) is 5.91 Å². The molecule has 1 aliphatic carbocycles. The Bertz CT molecular complexity index is 395. The molecule has 0 atom stereocenters. The number of nitrogens with one attached hydrogen (secondary N) is 2. The van der Waals surface area contributed by atoms with Crippen molar-refractivity contribution in [3.63, 3.8) is 0 Å². The van der Waals surface area contributed by atoms with Crippen LogP contribution in [0.2, 0.25) is 0 Å². The molecule has 1 heterocycles. The van der Waals surface area contributed by atoms with E-state index in [0.717, 1.165) is 22.3 Å². The molecule has 0 spiro atoms. The number of carbonyl (C=O) groups is 1. The van der Waals surface area contributed by atoms with Crippen molar-refractivity contribution in [2.45, 2.75) is 23.2 Å². The average molecular weight is 288 g/mol. The molecule has 100 valence electrons. The Labute approximate surface area is 114 Å². The van der Waals surface area contributed by atoms with Gasteiger partial charge in [0.25, 0.3) is 0 Å². The highest BCUT2D eigenvalue weighted by atomic mass is 32.2. The Morgan fingerprint density at radius 2 is 2.39 bits per heavy atom. The van der Waals surface area contributed by atoms with Crippen LogP contribution in [0.4, 0.5) is 5.13 Å². The molecule has 18 heavy (non-hydrogen) atoms. The average Bonchev–Trinajstić information content (AvgIpc) is 3.05. The maximum atomic E-state index is 11.5. The van der Waals surface area contributed by atoms with E-state index >= 15 is 0 Å². The lowest BCUT2D eigenvalue weighted by Crippen LogP contribution is -2.26. The fourth-order valence-electron chi connectivity index (χ4n) is 1.22. The van der Waals surface area contributed by atoms with E-state index in [1.54, 1.807) is 7.11 Å². The molecule has 1 amide bonds. The molecule has 1 aliphatic rings. The number of amides is 1. The molecule has 0 saturated heterocycles. The number of aromatic nitrogens is 2. The van der Waals surface area contributed by atoms with E-state index in [1.807, 2.05) is 0 Å². The second-order valence-corrected chi connectivity index (χ2v) is 6.12.